The van der Waals surface area contributed by atoms with Crippen LogP contribution in [-0.2, 0) is 16.4 Å². The lowest BCUT2D eigenvalue weighted by atomic mass is 10.1. The highest BCUT2D eigenvalue weighted by molar-refractivity contribution is 7.93. The molecule has 11 heteroatoms. The van der Waals surface area contributed by atoms with Gasteiger partial charge in [-0.1, -0.05) is 22.8 Å². The number of aryl methyl sites for hydroxylation is 1. The minimum Gasteiger partial charge on any atom is -0.454 e. The van der Waals surface area contributed by atoms with Crippen LogP contribution in [0.4, 0.5) is 5.88 Å². The van der Waals surface area contributed by atoms with Crippen LogP contribution in [0, 0.1) is 6.92 Å². The Labute approximate surface area is 169 Å². The summed E-state index contributed by atoms with van der Waals surface area (Å²) in [5.41, 5.74) is 0.978. The fraction of sp³-hybridized carbons (Fsp3) is 0.235. The third-order valence-corrected chi connectivity index (χ3v) is 7.11. The molecule has 1 unspecified atom stereocenters. The summed E-state index contributed by atoms with van der Waals surface area (Å²) >= 11 is 7.21. The fourth-order valence-corrected chi connectivity index (χ4v) is 5.39. The normalized spacial score (nSPS) is 14.2. The maximum absolute atomic E-state index is 12.7. The molecule has 2 aromatic heterocycles. The Morgan fingerprint density at radius 3 is 2.86 bits per heavy atom. The maximum atomic E-state index is 12.7. The highest BCUT2D eigenvalue weighted by atomic mass is 35.5. The Morgan fingerprint density at radius 1 is 1.32 bits per heavy atom. The molecule has 0 saturated carbocycles. The van der Waals surface area contributed by atoms with Gasteiger partial charge in [-0.15, -0.1) is 11.3 Å². The largest absolute Gasteiger partial charge is 0.454 e. The number of ether oxygens (including phenoxy) is 2. The second-order valence-corrected chi connectivity index (χ2v) is 9.09. The van der Waals surface area contributed by atoms with Crippen LogP contribution in [0.1, 0.15) is 22.2 Å². The Kier molecular flexibility index (Phi) is 4.96. The summed E-state index contributed by atoms with van der Waals surface area (Å²) in [5.74, 6) is 1.01. The number of aliphatic hydroxyl groups is 1. The Bertz CT molecular complexity index is 1120. The highest BCUT2D eigenvalue weighted by Gasteiger charge is 2.26. The molecule has 0 radical (unpaired) electrons. The van der Waals surface area contributed by atoms with E-state index in [9.17, 15) is 13.5 Å². The van der Waals surface area contributed by atoms with E-state index in [1.165, 1.54) is 17.4 Å². The minimum absolute atomic E-state index is 0.0439. The number of rotatable bonds is 6. The zero-order valence-corrected chi connectivity index (χ0v) is 16.9. The molecule has 1 aliphatic rings. The quantitative estimate of drug-likeness (QED) is 0.600. The number of hydrogen-bond acceptors (Lipinski definition) is 8. The first-order valence-electron chi connectivity index (χ1n) is 8.14. The van der Waals surface area contributed by atoms with Gasteiger partial charge in [0.15, 0.2) is 11.5 Å². The van der Waals surface area contributed by atoms with Crippen molar-refractivity contribution < 1.29 is 27.5 Å². The molecule has 4 rings (SSSR count). The van der Waals surface area contributed by atoms with E-state index in [0.29, 0.717) is 27.6 Å². The van der Waals surface area contributed by atoms with Crippen LogP contribution in [0.15, 0.2) is 39.1 Å². The fourth-order valence-electron chi connectivity index (χ4n) is 2.73. The van der Waals surface area contributed by atoms with Crippen LogP contribution < -0.4 is 14.2 Å². The number of halogens is 1. The smallest absolute Gasteiger partial charge is 0.265 e. The van der Waals surface area contributed by atoms with Gasteiger partial charge in [-0.25, -0.2) is 13.1 Å². The molecule has 148 valence electrons. The van der Waals surface area contributed by atoms with Crippen LogP contribution in [0.2, 0.25) is 5.02 Å². The molecule has 1 aromatic carbocycles. The molecule has 2 N–H and O–H groups in total. The lowest BCUT2D eigenvalue weighted by Crippen LogP contribution is -2.14. The van der Waals surface area contributed by atoms with Gasteiger partial charge in [-0.05, 0) is 36.1 Å². The number of anilines is 1. The zero-order valence-electron chi connectivity index (χ0n) is 14.5. The predicted octanol–water partition coefficient (Wildman–Crippen LogP) is 3.50. The van der Waals surface area contributed by atoms with Gasteiger partial charge in [-0.2, -0.15) is 0 Å². The van der Waals surface area contributed by atoms with E-state index in [0.717, 1.165) is 0 Å². The van der Waals surface area contributed by atoms with Crippen molar-refractivity contribution in [2.45, 2.75) is 24.3 Å². The summed E-state index contributed by atoms with van der Waals surface area (Å²) in [6, 6.07) is 6.58. The average molecular weight is 443 g/mol. The lowest BCUT2D eigenvalue weighted by molar-refractivity contribution is 0.171. The zero-order chi connectivity index (χ0) is 19.9. The molecular weight excluding hydrogens is 428 g/mol. The van der Waals surface area contributed by atoms with Crippen molar-refractivity contribution >= 4 is 38.8 Å². The minimum atomic E-state index is -3.96. The Hall–Kier alpha value is -2.27. The summed E-state index contributed by atoms with van der Waals surface area (Å²) < 4.78 is 43.3. The number of aliphatic hydroxyl groups excluding tert-OH is 1. The van der Waals surface area contributed by atoms with Crippen molar-refractivity contribution in [2.75, 3.05) is 11.5 Å². The molecule has 0 amide bonds. The number of sulfonamides is 1. The average Bonchev–Trinajstić information content (AvgIpc) is 3.38. The third-order valence-electron chi connectivity index (χ3n) is 4.17. The molecule has 8 nitrogen and oxygen atoms in total. The summed E-state index contributed by atoms with van der Waals surface area (Å²) in [4.78, 5) is 0.535. The number of benzene rings is 1. The van der Waals surface area contributed by atoms with Crippen LogP contribution >= 0.6 is 22.9 Å². The van der Waals surface area contributed by atoms with Crippen molar-refractivity contribution in [1.82, 2.24) is 5.16 Å². The van der Waals surface area contributed by atoms with Crippen LogP contribution in [0.25, 0.3) is 0 Å². The Morgan fingerprint density at radius 2 is 2.11 bits per heavy atom. The summed E-state index contributed by atoms with van der Waals surface area (Å²) in [6.45, 7) is 1.74. The molecule has 0 fully saturated rings. The second kappa shape index (κ2) is 7.28. The second-order valence-electron chi connectivity index (χ2n) is 6.06. The first-order valence-corrected chi connectivity index (χ1v) is 10.9. The number of nitrogens with one attached hydrogen (secondary N) is 1. The third kappa shape index (κ3) is 3.55. The van der Waals surface area contributed by atoms with Gasteiger partial charge in [-0.3, -0.25) is 0 Å². The lowest BCUT2D eigenvalue weighted by Gasteiger charge is -2.12. The predicted molar refractivity (Wildman–Crippen MR) is 103 cm³/mol. The van der Waals surface area contributed by atoms with Gasteiger partial charge >= 0.3 is 0 Å². The standard InChI is InChI=1S/C17H15ClN2O6S2/c1-9-16(18)17(26-19-9)20-28(22,23)15-4-5-27-14(15)7-11(21)10-2-3-12-13(6-10)25-8-24-12/h2-6,11,20-21H,7-8H2,1H3. The number of nitrogens with zero attached hydrogens (tertiary/aromatic N) is 1. The van der Waals surface area contributed by atoms with Crippen molar-refractivity contribution in [2.24, 2.45) is 0 Å². The molecule has 0 aliphatic carbocycles. The van der Waals surface area contributed by atoms with E-state index in [2.05, 4.69) is 9.88 Å². The molecule has 1 atom stereocenters. The van der Waals surface area contributed by atoms with E-state index in [-0.39, 0.29) is 29.0 Å². The number of hydrogen-bond donors (Lipinski definition) is 2. The molecule has 1 aliphatic heterocycles. The molecule has 3 heterocycles. The van der Waals surface area contributed by atoms with E-state index in [1.807, 2.05) is 0 Å². The monoisotopic (exact) mass is 442 g/mol. The van der Waals surface area contributed by atoms with Gasteiger partial charge in [0, 0.05) is 11.3 Å². The van der Waals surface area contributed by atoms with E-state index in [1.54, 1.807) is 30.5 Å². The van der Waals surface area contributed by atoms with Gasteiger partial charge < -0.3 is 19.1 Å². The maximum Gasteiger partial charge on any atom is 0.265 e. The first kappa shape index (κ1) is 19.1. The molecule has 0 saturated heterocycles. The number of aromatic nitrogens is 1. The first-order chi connectivity index (χ1) is 13.3. The summed E-state index contributed by atoms with van der Waals surface area (Å²) in [6.07, 6.45) is -0.810. The number of thiophene rings is 1. The molecular formula is C17H15ClN2O6S2. The van der Waals surface area contributed by atoms with Crippen LogP contribution in [-0.4, -0.2) is 25.5 Å². The summed E-state index contributed by atoms with van der Waals surface area (Å²) in [7, 11) is -3.96. The van der Waals surface area contributed by atoms with E-state index in [4.69, 9.17) is 25.6 Å². The number of fused-ring (bicyclic) bond motifs is 1. The van der Waals surface area contributed by atoms with Crippen LogP contribution in [0.3, 0.4) is 0 Å². The van der Waals surface area contributed by atoms with Crippen molar-refractivity contribution in [3.63, 3.8) is 0 Å². The van der Waals surface area contributed by atoms with Crippen molar-refractivity contribution in [3.05, 3.63) is 50.8 Å². The molecule has 0 spiro atoms. The van der Waals surface area contributed by atoms with Gasteiger partial charge in [0.2, 0.25) is 6.79 Å². The molecule has 0 bridgehead atoms. The SMILES string of the molecule is Cc1noc(NS(=O)(=O)c2ccsc2CC(O)c2ccc3c(c2)OCO3)c1Cl. The van der Waals surface area contributed by atoms with Gasteiger partial charge in [0.05, 0.1) is 6.10 Å². The van der Waals surface area contributed by atoms with E-state index < -0.39 is 16.1 Å². The van der Waals surface area contributed by atoms with Crippen molar-refractivity contribution in [3.8, 4) is 11.5 Å². The topological polar surface area (TPSA) is 111 Å². The van der Waals surface area contributed by atoms with Crippen molar-refractivity contribution in [1.29, 1.82) is 0 Å². The van der Waals surface area contributed by atoms with Crippen LogP contribution in [0.5, 0.6) is 11.5 Å². The molecule has 28 heavy (non-hydrogen) atoms. The van der Waals surface area contributed by atoms with Gasteiger partial charge in [0.1, 0.15) is 15.6 Å². The molecule has 3 aromatic rings. The van der Waals surface area contributed by atoms with E-state index >= 15 is 0 Å². The summed E-state index contributed by atoms with van der Waals surface area (Å²) in [5, 5.41) is 16.0. The Balaban J connectivity index is 1.56. The van der Waals surface area contributed by atoms with Gasteiger partial charge in [0.25, 0.3) is 15.9 Å². The highest BCUT2D eigenvalue weighted by Crippen LogP contribution is 2.36.